The van der Waals surface area contributed by atoms with Gasteiger partial charge in [-0.05, 0) is 18.1 Å². The van der Waals surface area contributed by atoms with Crippen LogP contribution in [0.1, 0.15) is 31.0 Å². The van der Waals surface area contributed by atoms with Crippen molar-refractivity contribution in [3.05, 3.63) is 30.1 Å². The van der Waals surface area contributed by atoms with Crippen LogP contribution in [-0.2, 0) is 0 Å². The van der Waals surface area contributed by atoms with Crippen LogP contribution in [-0.4, -0.2) is 12.1 Å². The fraction of sp³-hybridized carbons (Fsp3) is 0.364. The summed E-state index contributed by atoms with van der Waals surface area (Å²) in [5.41, 5.74) is 2.07. The fourth-order valence-corrected chi connectivity index (χ4v) is 1.21. The van der Waals surface area contributed by atoms with Gasteiger partial charge in [-0.15, -0.1) is 0 Å². The molecule has 0 aliphatic carbocycles. The molecule has 0 saturated heterocycles. The van der Waals surface area contributed by atoms with Crippen LogP contribution in [0.5, 0.6) is 5.75 Å². The summed E-state index contributed by atoms with van der Waals surface area (Å²) in [6.07, 6.45) is 3.48. The van der Waals surface area contributed by atoms with Gasteiger partial charge in [0.15, 0.2) is 0 Å². The van der Waals surface area contributed by atoms with Crippen LogP contribution in [0.3, 0.4) is 0 Å². The minimum absolute atomic E-state index is 0.441. The van der Waals surface area contributed by atoms with E-state index in [1.54, 1.807) is 19.4 Å². The molecule has 0 amide bonds. The number of nitrogens with zero attached hydrogens (tertiary/aromatic N) is 1. The molecular formula is C11H15NO. The highest BCUT2D eigenvalue weighted by molar-refractivity contribution is 5.47. The molecular weight excluding hydrogens is 162 g/mol. The maximum atomic E-state index is 5.21. The van der Waals surface area contributed by atoms with E-state index in [2.05, 4.69) is 25.4 Å². The molecule has 2 heteroatoms. The first-order valence-electron chi connectivity index (χ1n) is 4.35. The third-order valence-corrected chi connectivity index (χ3v) is 1.97. The van der Waals surface area contributed by atoms with E-state index in [0.29, 0.717) is 5.92 Å². The number of pyridine rings is 1. The summed E-state index contributed by atoms with van der Waals surface area (Å²) >= 11 is 0. The smallest absolute Gasteiger partial charge is 0.140 e. The molecule has 13 heavy (non-hydrogen) atoms. The summed E-state index contributed by atoms with van der Waals surface area (Å²) in [6, 6.07) is 2.01. The van der Waals surface area contributed by atoms with Crippen LogP contribution in [0.4, 0.5) is 0 Å². The van der Waals surface area contributed by atoms with Crippen LogP contribution in [0.15, 0.2) is 18.8 Å². The molecule has 0 unspecified atom stereocenters. The minimum atomic E-state index is 0.441. The van der Waals surface area contributed by atoms with E-state index >= 15 is 0 Å². The molecule has 0 fully saturated rings. The third kappa shape index (κ3) is 2.08. The van der Waals surface area contributed by atoms with Gasteiger partial charge in [-0.2, -0.15) is 0 Å². The van der Waals surface area contributed by atoms with Crippen molar-refractivity contribution in [3.8, 4) is 5.75 Å². The Hall–Kier alpha value is -1.31. The molecule has 1 aromatic rings. The monoisotopic (exact) mass is 177 g/mol. The Morgan fingerprint density at radius 2 is 2.23 bits per heavy atom. The van der Waals surface area contributed by atoms with Gasteiger partial charge in [0.05, 0.1) is 19.0 Å². The summed E-state index contributed by atoms with van der Waals surface area (Å²) in [6.45, 7) is 7.94. The number of ether oxygens (including phenoxy) is 1. The van der Waals surface area contributed by atoms with Gasteiger partial charge in [0, 0.05) is 5.56 Å². The lowest BCUT2D eigenvalue weighted by atomic mass is 10.0. The van der Waals surface area contributed by atoms with Crippen LogP contribution < -0.4 is 4.74 Å². The largest absolute Gasteiger partial charge is 0.495 e. The van der Waals surface area contributed by atoms with Crippen molar-refractivity contribution in [2.24, 2.45) is 0 Å². The normalized spacial score (nSPS) is 10.2. The molecule has 0 aromatic carbocycles. The number of rotatable bonds is 3. The van der Waals surface area contributed by atoms with Crippen LogP contribution in [0.2, 0.25) is 0 Å². The quantitative estimate of drug-likeness (QED) is 0.708. The molecule has 0 bridgehead atoms. The Bertz CT molecular complexity index is 305. The third-order valence-electron chi connectivity index (χ3n) is 1.97. The first-order valence-corrected chi connectivity index (χ1v) is 4.35. The number of aromatic nitrogens is 1. The molecule has 0 radical (unpaired) electrons. The summed E-state index contributed by atoms with van der Waals surface area (Å²) in [4.78, 5) is 4.17. The van der Waals surface area contributed by atoms with Gasteiger partial charge in [-0.3, -0.25) is 4.98 Å². The van der Waals surface area contributed by atoms with Crippen LogP contribution in [0.25, 0.3) is 6.08 Å². The average Bonchev–Trinajstić information content (AvgIpc) is 2.16. The predicted molar refractivity (Wildman–Crippen MR) is 55.0 cm³/mol. The standard InChI is InChI=1S/C11H15NO/c1-5-9-6-10(8(2)3)11(13-4)7-12-9/h5-8H,1H2,2-4H3. The second-order valence-corrected chi connectivity index (χ2v) is 3.21. The fourth-order valence-electron chi connectivity index (χ4n) is 1.21. The van der Waals surface area contributed by atoms with Gasteiger partial charge < -0.3 is 4.74 Å². The predicted octanol–water partition coefficient (Wildman–Crippen LogP) is 2.86. The summed E-state index contributed by atoms with van der Waals surface area (Å²) in [7, 11) is 1.66. The summed E-state index contributed by atoms with van der Waals surface area (Å²) < 4.78 is 5.21. The molecule has 0 N–H and O–H groups in total. The lowest BCUT2D eigenvalue weighted by molar-refractivity contribution is 0.405. The van der Waals surface area contributed by atoms with Crippen LogP contribution in [0, 0.1) is 0 Å². The SMILES string of the molecule is C=Cc1cc(C(C)C)c(OC)cn1. The molecule has 0 atom stereocenters. The van der Waals surface area contributed by atoms with Gasteiger partial charge in [0.1, 0.15) is 5.75 Å². The highest BCUT2D eigenvalue weighted by Gasteiger charge is 2.07. The summed E-state index contributed by atoms with van der Waals surface area (Å²) in [5.74, 6) is 1.29. The zero-order chi connectivity index (χ0) is 9.84. The van der Waals surface area contributed by atoms with Gasteiger partial charge in [0.25, 0.3) is 0 Å². The van der Waals surface area contributed by atoms with Crippen molar-refractivity contribution in [1.82, 2.24) is 4.98 Å². The number of hydrogen-bond acceptors (Lipinski definition) is 2. The maximum absolute atomic E-state index is 5.21. The van der Waals surface area contributed by atoms with E-state index in [1.807, 2.05) is 6.07 Å². The number of hydrogen-bond donors (Lipinski definition) is 0. The van der Waals surface area contributed by atoms with E-state index < -0.39 is 0 Å². The van der Waals surface area contributed by atoms with E-state index in [9.17, 15) is 0 Å². The lowest BCUT2D eigenvalue weighted by Gasteiger charge is -2.11. The Morgan fingerprint density at radius 3 is 2.69 bits per heavy atom. The van der Waals surface area contributed by atoms with Crippen molar-refractivity contribution < 1.29 is 4.74 Å². The Kier molecular flexibility index (Phi) is 3.07. The first-order chi connectivity index (χ1) is 6.19. The zero-order valence-electron chi connectivity index (χ0n) is 8.37. The molecule has 70 valence electrons. The van der Waals surface area contributed by atoms with Crippen molar-refractivity contribution >= 4 is 6.08 Å². The van der Waals surface area contributed by atoms with Gasteiger partial charge in [-0.25, -0.2) is 0 Å². The van der Waals surface area contributed by atoms with Gasteiger partial charge in [0.2, 0.25) is 0 Å². The topological polar surface area (TPSA) is 22.1 Å². The highest BCUT2D eigenvalue weighted by atomic mass is 16.5. The molecule has 0 saturated carbocycles. The highest BCUT2D eigenvalue weighted by Crippen LogP contribution is 2.25. The van der Waals surface area contributed by atoms with Crippen molar-refractivity contribution in [3.63, 3.8) is 0 Å². The second kappa shape index (κ2) is 4.08. The second-order valence-electron chi connectivity index (χ2n) is 3.21. The molecule has 1 heterocycles. The van der Waals surface area contributed by atoms with E-state index in [1.165, 1.54) is 5.56 Å². The molecule has 1 aromatic heterocycles. The maximum Gasteiger partial charge on any atom is 0.140 e. The molecule has 0 spiro atoms. The van der Waals surface area contributed by atoms with Crippen molar-refractivity contribution in [2.75, 3.05) is 7.11 Å². The Labute approximate surface area is 79.3 Å². The average molecular weight is 177 g/mol. The van der Waals surface area contributed by atoms with Gasteiger partial charge >= 0.3 is 0 Å². The Morgan fingerprint density at radius 1 is 1.54 bits per heavy atom. The van der Waals surface area contributed by atoms with Crippen LogP contribution >= 0.6 is 0 Å². The molecule has 1 rings (SSSR count). The Balaban J connectivity index is 3.17. The summed E-state index contributed by atoms with van der Waals surface area (Å²) in [5, 5.41) is 0. The van der Waals surface area contributed by atoms with Crippen molar-refractivity contribution in [1.29, 1.82) is 0 Å². The number of methoxy groups -OCH3 is 1. The first kappa shape index (κ1) is 9.78. The van der Waals surface area contributed by atoms with Gasteiger partial charge in [-0.1, -0.05) is 20.4 Å². The van der Waals surface area contributed by atoms with E-state index in [4.69, 9.17) is 4.74 Å². The minimum Gasteiger partial charge on any atom is -0.495 e. The molecule has 2 nitrogen and oxygen atoms in total. The molecule has 0 aliphatic heterocycles. The lowest BCUT2D eigenvalue weighted by Crippen LogP contribution is -1.96. The van der Waals surface area contributed by atoms with E-state index in [-0.39, 0.29) is 0 Å². The molecule has 0 aliphatic rings. The van der Waals surface area contributed by atoms with E-state index in [0.717, 1.165) is 11.4 Å². The van der Waals surface area contributed by atoms with Crippen molar-refractivity contribution in [2.45, 2.75) is 19.8 Å². The zero-order valence-corrected chi connectivity index (χ0v) is 8.37.